The molecule has 204 valence electrons. The van der Waals surface area contributed by atoms with E-state index in [9.17, 15) is 31.7 Å². The van der Waals surface area contributed by atoms with Crippen LogP contribution in [0.15, 0.2) is 38.8 Å². The Bertz CT molecular complexity index is 1360. The Labute approximate surface area is 217 Å². The number of primary sulfonamides is 1. The quantitative estimate of drug-likeness (QED) is 0.233. The molecule has 2 N–H and O–H groups in total. The van der Waals surface area contributed by atoms with Crippen LogP contribution >= 0.6 is 11.3 Å². The first-order chi connectivity index (χ1) is 17.4. The average molecular weight is 579 g/mol. The second-order valence-electron chi connectivity index (χ2n) is 7.84. The second kappa shape index (κ2) is 11.7. The van der Waals surface area contributed by atoms with Gasteiger partial charge in [0.2, 0.25) is 10.0 Å². The highest BCUT2D eigenvalue weighted by Gasteiger charge is 2.43. The van der Waals surface area contributed by atoms with Crippen LogP contribution in [0.3, 0.4) is 0 Å². The molecule has 0 unspecified atom stereocenters. The number of hydrogen-bond acceptors (Lipinski definition) is 11. The fraction of sp³-hybridized carbons (Fsp3) is 0.450. The van der Waals surface area contributed by atoms with Gasteiger partial charge in [-0.15, -0.1) is 21.5 Å². The highest BCUT2D eigenvalue weighted by Crippen LogP contribution is 2.42. The zero-order chi connectivity index (χ0) is 27.4. The molecule has 3 rings (SSSR count). The van der Waals surface area contributed by atoms with Crippen LogP contribution < -0.4 is 9.88 Å². The van der Waals surface area contributed by atoms with Gasteiger partial charge in [-0.25, -0.2) is 26.8 Å². The summed E-state index contributed by atoms with van der Waals surface area (Å²) >= 11 is 0.518. The Morgan fingerprint density at radius 1 is 1.35 bits per heavy atom. The van der Waals surface area contributed by atoms with Gasteiger partial charge in [-0.3, -0.25) is 4.90 Å². The minimum atomic E-state index is -4.22. The predicted octanol–water partition coefficient (Wildman–Crippen LogP) is 1.71. The summed E-state index contributed by atoms with van der Waals surface area (Å²) < 4.78 is 61.7. The Morgan fingerprint density at radius 3 is 2.68 bits per heavy atom. The SMILES string of the molecule is CCN(C(=O)Oc1ccccc1CO[N+](=O)[O-])[C@H]1CN(CCCOC)S(=O)(=O)c2sc(S(N)(=O)=O)cc21. The number of fused-ring (bicyclic) bond motifs is 1. The molecule has 37 heavy (non-hydrogen) atoms. The molecule has 1 aromatic heterocycles. The van der Waals surface area contributed by atoms with Gasteiger partial charge in [-0.1, -0.05) is 18.2 Å². The van der Waals surface area contributed by atoms with E-state index in [1.54, 1.807) is 19.1 Å². The molecule has 1 aliphatic heterocycles. The van der Waals surface area contributed by atoms with E-state index >= 15 is 0 Å². The molecule has 0 spiro atoms. The predicted molar refractivity (Wildman–Crippen MR) is 130 cm³/mol. The highest BCUT2D eigenvalue weighted by molar-refractivity contribution is 7.94. The number of thiophene rings is 1. The molecule has 0 saturated carbocycles. The summed E-state index contributed by atoms with van der Waals surface area (Å²) in [6, 6.07) is 6.34. The molecule has 2 heterocycles. The fourth-order valence-electron chi connectivity index (χ4n) is 3.78. The zero-order valence-corrected chi connectivity index (χ0v) is 22.4. The lowest BCUT2D eigenvalue weighted by Crippen LogP contribution is -2.48. The van der Waals surface area contributed by atoms with E-state index in [1.165, 1.54) is 30.2 Å². The summed E-state index contributed by atoms with van der Waals surface area (Å²) in [5.41, 5.74) is 0.351. The number of ether oxygens (including phenoxy) is 2. The lowest BCUT2D eigenvalue weighted by atomic mass is 10.1. The van der Waals surface area contributed by atoms with E-state index in [1.807, 2.05) is 0 Å². The number of nitrogens with zero attached hydrogens (tertiary/aromatic N) is 3. The van der Waals surface area contributed by atoms with Crippen LogP contribution in [0.4, 0.5) is 4.79 Å². The number of benzene rings is 1. The van der Waals surface area contributed by atoms with E-state index < -0.39 is 43.9 Å². The monoisotopic (exact) mass is 578 g/mol. The molecule has 0 radical (unpaired) electrons. The number of sulfonamides is 2. The van der Waals surface area contributed by atoms with E-state index in [0.717, 1.165) is 4.31 Å². The molecule has 0 bridgehead atoms. The van der Waals surface area contributed by atoms with Gasteiger partial charge in [0, 0.05) is 44.5 Å². The van der Waals surface area contributed by atoms with Gasteiger partial charge in [0.05, 0.1) is 6.04 Å². The molecule has 0 aliphatic carbocycles. The van der Waals surface area contributed by atoms with Crippen molar-refractivity contribution in [3.05, 3.63) is 51.6 Å². The summed E-state index contributed by atoms with van der Waals surface area (Å²) in [7, 11) is -6.81. The van der Waals surface area contributed by atoms with Crippen molar-refractivity contribution in [2.24, 2.45) is 5.14 Å². The largest absolute Gasteiger partial charge is 0.415 e. The molecule has 1 aromatic carbocycles. The first kappa shape index (κ1) is 28.7. The van der Waals surface area contributed by atoms with Crippen molar-refractivity contribution in [2.75, 3.05) is 33.4 Å². The molecule has 1 amide bonds. The summed E-state index contributed by atoms with van der Waals surface area (Å²) in [6.07, 6.45) is -0.502. The lowest BCUT2D eigenvalue weighted by Gasteiger charge is -2.37. The van der Waals surface area contributed by atoms with Gasteiger partial charge in [-0.05, 0) is 25.5 Å². The molecular weight excluding hydrogens is 552 g/mol. The number of carbonyl (C=O) groups is 1. The average Bonchev–Trinajstić information content (AvgIpc) is 3.29. The van der Waals surface area contributed by atoms with E-state index in [2.05, 4.69) is 4.84 Å². The number of likely N-dealkylation sites (N-methyl/N-ethyl adjacent to an activating group) is 1. The van der Waals surface area contributed by atoms with Gasteiger partial charge in [0.15, 0.2) is 0 Å². The van der Waals surface area contributed by atoms with Gasteiger partial charge in [0.1, 0.15) is 20.8 Å². The zero-order valence-electron chi connectivity index (χ0n) is 19.9. The number of hydrogen-bond donors (Lipinski definition) is 1. The minimum Gasteiger partial charge on any atom is -0.410 e. The van der Waals surface area contributed by atoms with E-state index in [0.29, 0.717) is 24.4 Å². The fourth-order valence-corrected chi connectivity index (χ4v) is 8.07. The van der Waals surface area contributed by atoms with Crippen LogP contribution in [-0.4, -0.2) is 70.6 Å². The van der Waals surface area contributed by atoms with E-state index in [-0.39, 0.29) is 44.9 Å². The minimum absolute atomic E-state index is 0.0175. The number of amides is 1. The highest BCUT2D eigenvalue weighted by atomic mass is 32.3. The van der Waals surface area contributed by atoms with Crippen molar-refractivity contribution in [3.8, 4) is 5.75 Å². The molecule has 2 aromatic rings. The van der Waals surface area contributed by atoms with Crippen LogP contribution in [0.25, 0.3) is 0 Å². The van der Waals surface area contributed by atoms with Crippen LogP contribution in [0.2, 0.25) is 0 Å². The summed E-state index contributed by atoms with van der Waals surface area (Å²) in [6.45, 7) is 1.47. The van der Waals surface area contributed by atoms with Crippen LogP contribution in [0.1, 0.15) is 30.5 Å². The topological polar surface area (TPSA) is 189 Å². The molecule has 17 heteroatoms. The van der Waals surface area contributed by atoms with Crippen molar-refractivity contribution >= 4 is 37.5 Å². The van der Waals surface area contributed by atoms with Crippen LogP contribution in [0, 0.1) is 10.1 Å². The molecule has 1 atom stereocenters. The third-order valence-electron chi connectivity index (χ3n) is 5.50. The van der Waals surface area contributed by atoms with Crippen molar-refractivity contribution in [1.82, 2.24) is 9.21 Å². The summed E-state index contributed by atoms with van der Waals surface area (Å²) in [5.74, 6) is 0.0175. The summed E-state index contributed by atoms with van der Waals surface area (Å²) in [5, 5.41) is 14.9. The molecule has 14 nitrogen and oxygen atoms in total. The summed E-state index contributed by atoms with van der Waals surface area (Å²) in [4.78, 5) is 29.5. The van der Waals surface area contributed by atoms with Gasteiger partial charge < -0.3 is 14.3 Å². The van der Waals surface area contributed by atoms with Crippen molar-refractivity contribution in [3.63, 3.8) is 0 Å². The third-order valence-corrected chi connectivity index (χ3v) is 10.5. The number of rotatable bonds is 11. The molecule has 0 fully saturated rings. The van der Waals surface area contributed by atoms with Gasteiger partial charge >= 0.3 is 6.09 Å². The Morgan fingerprint density at radius 2 is 2.05 bits per heavy atom. The first-order valence-corrected chi connectivity index (χ1v) is 14.7. The molecular formula is C20H26N4O10S3. The third kappa shape index (κ3) is 6.55. The Kier molecular flexibility index (Phi) is 9.09. The number of carbonyl (C=O) groups excluding carboxylic acids is 1. The van der Waals surface area contributed by atoms with Crippen LogP contribution in [-0.2, 0) is 36.2 Å². The Hall–Kier alpha value is -2.83. The van der Waals surface area contributed by atoms with Crippen molar-refractivity contribution in [1.29, 1.82) is 0 Å². The lowest BCUT2D eigenvalue weighted by molar-refractivity contribution is -0.763. The maximum Gasteiger partial charge on any atom is 0.415 e. The maximum atomic E-state index is 13.3. The van der Waals surface area contributed by atoms with Crippen molar-refractivity contribution < 1.29 is 41.0 Å². The smallest absolute Gasteiger partial charge is 0.410 e. The first-order valence-electron chi connectivity index (χ1n) is 10.9. The number of methoxy groups -OCH3 is 1. The Balaban J connectivity index is 1.99. The second-order valence-corrected chi connectivity index (χ2v) is 12.8. The van der Waals surface area contributed by atoms with Crippen LogP contribution in [0.5, 0.6) is 5.75 Å². The maximum absolute atomic E-state index is 13.3. The van der Waals surface area contributed by atoms with E-state index in [4.69, 9.17) is 14.6 Å². The van der Waals surface area contributed by atoms with Gasteiger partial charge in [0.25, 0.3) is 15.1 Å². The van der Waals surface area contributed by atoms with Crippen molar-refractivity contribution in [2.45, 2.75) is 34.4 Å². The number of nitrogens with two attached hydrogens (primary N) is 1. The molecule has 0 saturated heterocycles. The number of para-hydroxylation sites is 1. The van der Waals surface area contributed by atoms with Gasteiger partial charge in [-0.2, -0.15) is 4.31 Å². The normalized spacial score (nSPS) is 17.1. The standard InChI is InChI=1S/C20H26N4O10S3/c1-3-23(20(25)34-17-8-5-4-7-14(17)13-33-24(26)27)16-12-22(9-6-10-32-2)37(30,31)19-15(16)11-18(35-19)36(21,28)29/h4-5,7-8,11,16H,3,6,9-10,12-13H2,1-2H3,(H2,21,28,29)/t16-/m0/s1. The molecule has 1 aliphatic rings.